The first kappa shape index (κ1) is 14.8. The zero-order valence-electron chi connectivity index (χ0n) is 13.2. The molecule has 0 unspecified atom stereocenters. The van der Waals surface area contributed by atoms with Crippen LogP contribution in [0.4, 0.5) is 5.95 Å². The van der Waals surface area contributed by atoms with Crippen molar-refractivity contribution in [3.05, 3.63) is 5.89 Å². The van der Waals surface area contributed by atoms with Crippen molar-refractivity contribution in [2.45, 2.75) is 44.6 Å². The normalized spacial score (nSPS) is 31.6. The largest absolute Gasteiger partial charge is 0.336 e. The molecule has 2 N–H and O–H groups in total. The maximum atomic E-state index is 6.54. The van der Waals surface area contributed by atoms with Crippen molar-refractivity contribution in [1.29, 1.82) is 0 Å². The Hall–Kier alpha value is -1.14. The first-order valence-electron chi connectivity index (χ1n) is 8.17. The van der Waals surface area contributed by atoms with Gasteiger partial charge in [0.2, 0.25) is 5.89 Å². The molecular formula is C15H27N5O. The van der Waals surface area contributed by atoms with Gasteiger partial charge in [-0.25, -0.2) is 0 Å². The van der Waals surface area contributed by atoms with Crippen molar-refractivity contribution in [2.24, 2.45) is 11.7 Å². The van der Waals surface area contributed by atoms with E-state index in [0.29, 0.717) is 11.8 Å². The highest BCUT2D eigenvalue weighted by molar-refractivity contribution is 5.29. The molecule has 2 heterocycles. The second-order valence-corrected chi connectivity index (χ2v) is 6.70. The Morgan fingerprint density at radius 2 is 1.90 bits per heavy atom. The quantitative estimate of drug-likeness (QED) is 0.912. The van der Waals surface area contributed by atoms with E-state index in [4.69, 9.17) is 10.3 Å². The Labute approximate surface area is 126 Å². The summed E-state index contributed by atoms with van der Waals surface area (Å²) >= 11 is 0. The maximum absolute atomic E-state index is 6.54. The standard InChI is InChI=1S/C15H27N5O/c1-3-12-4-6-15(16,7-5-12)13-17-14(18-21-13)20-10-8-19(2)9-11-20/h12H,3-11,16H2,1-2H3. The molecule has 0 atom stereocenters. The molecule has 21 heavy (non-hydrogen) atoms. The number of anilines is 1. The van der Waals surface area contributed by atoms with Crippen LogP contribution in [0.3, 0.4) is 0 Å². The Morgan fingerprint density at radius 3 is 2.52 bits per heavy atom. The molecule has 3 rings (SSSR count). The van der Waals surface area contributed by atoms with Gasteiger partial charge in [-0.05, 0) is 43.8 Å². The van der Waals surface area contributed by atoms with E-state index < -0.39 is 5.54 Å². The van der Waals surface area contributed by atoms with E-state index in [0.717, 1.165) is 44.9 Å². The Balaban J connectivity index is 1.67. The van der Waals surface area contributed by atoms with Crippen molar-refractivity contribution in [3.8, 4) is 0 Å². The second kappa shape index (κ2) is 5.93. The number of hydrogen-bond acceptors (Lipinski definition) is 6. The highest BCUT2D eigenvalue weighted by Crippen LogP contribution is 2.38. The van der Waals surface area contributed by atoms with Crippen LogP contribution in [0, 0.1) is 5.92 Å². The Bertz CT molecular complexity index is 458. The van der Waals surface area contributed by atoms with Crippen LogP contribution in [0.2, 0.25) is 0 Å². The molecule has 1 aliphatic carbocycles. The first-order chi connectivity index (χ1) is 10.1. The second-order valence-electron chi connectivity index (χ2n) is 6.70. The van der Waals surface area contributed by atoms with Crippen molar-refractivity contribution in [1.82, 2.24) is 15.0 Å². The number of likely N-dealkylation sites (N-methyl/N-ethyl adjacent to an activating group) is 1. The predicted octanol–water partition coefficient (Wildman–Crippen LogP) is 1.58. The summed E-state index contributed by atoms with van der Waals surface area (Å²) in [5, 5.41) is 4.17. The fraction of sp³-hybridized carbons (Fsp3) is 0.867. The van der Waals surface area contributed by atoms with Gasteiger partial charge >= 0.3 is 0 Å². The summed E-state index contributed by atoms with van der Waals surface area (Å²) in [7, 11) is 2.14. The summed E-state index contributed by atoms with van der Waals surface area (Å²) in [6, 6.07) is 0. The molecule has 0 radical (unpaired) electrons. The molecule has 0 amide bonds. The van der Waals surface area contributed by atoms with E-state index in [1.54, 1.807) is 0 Å². The number of nitrogens with zero attached hydrogens (tertiary/aromatic N) is 4. The summed E-state index contributed by atoms with van der Waals surface area (Å²) in [6.45, 7) is 6.23. The molecule has 1 aromatic heterocycles. The Kier molecular flexibility index (Phi) is 4.17. The maximum Gasteiger partial charge on any atom is 0.266 e. The number of hydrogen-bond donors (Lipinski definition) is 1. The molecule has 1 aliphatic heterocycles. The number of piperazine rings is 1. The van der Waals surface area contributed by atoms with Gasteiger partial charge in [0.05, 0.1) is 5.54 Å². The third-order valence-electron chi connectivity index (χ3n) is 5.20. The molecule has 2 aliphatic rings. The molecular weight excluding hydrogens is 266 g/mol. The van der Waals surface area contributed by atoms with E-state index in [2.05, 4.69) is 33.9 Å². The lowest BCUT2D eigenvalue weighted by molar-refractivity contribution is 0.181. The van der Waals surface area contributed by atoms with Gasteiger partial charge in [0.25, 0.3) is 5.95 Å². The first-order valence-corrected chi connectivity index (χ1v) is 8.17. The van der Waals surface area contributed by atoms with Gasteiger partial charge in [0.15, 0.2) is 0 Å². The monoisotopic (exact) mass is 293 g/mol. The van der Waals surface area contributed by atoms with Crippen molar-refractivity contribution < 1.29 is 4.52 Å². The van der Waals surface area contributed by atoms with Crippen LogP contribution in [-0.2, 0) is 5.54 Å². The SMILES string of the molecule is CCC1CCC(N)(c2nc(N3CCN(C)CC3)no2)CC1. The van der Waals surface area contributed by atoms with Gasteiger partial charge in [0, 0.05) is 26.2 Å². The van der Waals surface area contributed by atoms with Gasteiger partial charge in [-0.1, -0.05) is 13.3 Å². The third-order valence-corrected chi connectivity index (χ3v) is 5.20. The average Bonchev–Trinajstić information content (AvgIpc) is 2.99. The number of aromatic nitrogens is 2. The van der Waals surface area contributed by atoms with Crippen LogP contribution >= 0.6 is 0 Å². The molecule has 1 aromatic rings. The summed E-state index contributed by atoms with van der Waals surface area (Å²) in [6.07, 6.45) is 5.48. The highest BCUT2D eigenvalue weighted by Gasteiger charge is 2.38. The molecule has 1 saturated heterocycles. The zero-order chi connectivity index (χ0) is 14.9. The minimum Gasteiger partial charge on any atom is -0.336 e. The van der Waals surface area contributed by atoms with Crippen LogP contribution in [0.5, 0.6) is 0 Å². The fourth-order valence-corrected chi connectivity index (χ4v) is 3.37. The van der Waals surface area contributed by atoms with Crippen molar-refractivity contribution in [2.75, 3.05) is 38.1 Å². The van der Waals surface area contributed by atoms with Crippen LogP contribution in [0.1, 0.15) is 44.9 Å². The Morgan fingerprint density at radius 1 is 1.24 bits per heavy atom. The minimum atomic E-state index is -0.413. The lowest BCUT2D eigenvalue weighted by atomic mass is 9.76. The minimum absolute atomic E-state index is 0.413. The molecule has 0 aromatic carbocycles. The third kappa shape index (κ3) is 3.06. The topological polar surface area (TPSA) is 71.4 Å². The van der Waals surface area contributed by atoms with Gasteiger partial charge in [-0.3, -0.25) is 0 Å². The van der Waals surface area contributed by atoms with Crippen LogP contribution in [0.15, 0.2) is 4.52 Å². The summed E-state index contributed by atoms with van der Waals surface area (Å²) in [5.74, 6) is 2.15. The van der Waals surface area contributed by atoms with E-state index >= 15 is 0 Å². The summed E-state index contributed by atoms with van der Waals surface area (Å²) < 4.78 is 5.51. The summed E-state index contributed by atoms with van der Waals surface area (Å²) in [4.78, 5) is 9.11. The highest BCUT2D eigenvalue weighted by atomic mass is 16.5. The van der Waals surface area contributed by atoms with Gasteiger partial charge in [-0.2, -0.15) is 4.98 Å². The molecule has 6 heteroatoms. The molecule has 2 fully saturated rings. The van der Waals surface area contributed by atoms with Crippen LogP contribution < -0.4 is 10.6 Å². The van der Waals surface area contributed by atoms with Gasteiger partial charge in [0.1, 0.15) is 0 Å². The van der Waals surface area contributed by atoms with E-state index in [1.165, 1.54) is 19.3 Å². The van der Waals surface area contributed by atoms with Crippen molar-refractivity contribution >= 4 is 5.95 Å². The average molecular weight is 293 g/mol. The number of nitrogens with two attached hydrogens (primary N) is 1. The molecule has 0 bridgehead atoms. The smallest absolute Gasteiger partial charge is 0.266 e. The van der Waals surface area contributed by atoms with Crippen LogP contribution in [-0.4, -0.2) is 48.3 Å². The van der Waals surface area contributed by atoms with E-state index in [-0.39, 0.29) is 0 Å². The molecule has 6 nitrogen and oxygen atoms in total. The van der Waals surface area contributed by atoms with Gasteiger partial charge in [-0.15, -0.1) is 0 Å². The fourth-order valence-electron chi connectivity index (χ4n) is 3.37. The molecule has 118 valence electrons. The van der Waals surface area contributed by atoms with E-state index in [1.807, 2.05) is 0 Å². The van der Waals surface area contributed by atoms with Crippen molar-refractivity contribution in [3.63, 3.8) is 0 Å². The zero-order valence-corrected chi connectivity index (χ0v) is 13.2. The van der Waals surface area contributed by atoms with Gasteiger partial charge < -0.3 is 20.1 Å². The lowest BCUT2D eigenvalue weighted by Crippen LogP contribution is -2.45. The number of rotatable bonds is 3. The van der Waals surface area contributed by atoms with E-state index in [9.17, 15) is 0 Å². The molecule has 0 spiro atoms. The molecule has 1 saturated carbocycles. The lowest BCUT2D eigenvalue weighted by Gasteiger charge is -2.34. The van der Waals surface area contributed by atoms with Crippen LogP contribution in [0.25, 0.3) is 0 Å². The predicted molar refractivity (Wildman–Crippen MR) is 82.1 cm³/mol. The summed E-state index contributed by atoms with van der Waals surface area (Å²) in [5.41, 5.74) is 6.13.